The normalized spacial score (nSPS) is 18.2. The van der Waals surface area contributed by atoms with E-state index in [4.69, 9.17) is 0 Å². The zero-order valence-electron chi connectivity index (χ0n) is 9.66. The Bertz CT molecular complexity index is 464. The summed E-state index contributed by atoms with van der Waals surface area (Å²) in [5.74, 6) is 1.80. The lowest BCUT2D eigenvalue weighted by molar-refractivity contribution is 0.751. The van der Waals surface area contributed by atoms with Crippen molar-refractivity contribution >= 4 is 27.4 Å². The maximum absolute atomic E-state index is 4.49. The Morgan fingerprint density at radius 1 is 1.56 bits per heavy atom. The largest absolute Gasteiger partial charge is 0.383 e. The third-order valence-electron chi connectivity index (χ3n) is 2.62. The average molecular weight is 246 g/mol. The van der Waals surface area contributed by atoms with Crippen LogP contribution < -0.4 is 5.32 Å². The Kier molecular flexibility index (Phi) is 3.30. The second kappa shape index (κ2) is 4.55. The summed E-state index contributed by atoms with van der Waals surface area (Å²) in [6.07, 6.45) is 1.88. The molecule has 2 radical (unpaired) electrons. The van der Waals surface area contributed by atoms with Crippen molar-refractivity contribution in [1.82, 2.24) is 10.3 Å². The van der Waals surface area contributed by atoms with Gasteiger partial charge in [0.1, 0.15) is 6.04 Å². The topological polar surface area (TPSA) is 24.9 Å². The van der Waals surface area contributed by atoms with E-state index in [-0.39, 0.29) is 6.04 Å². The predicted octanol–water partition coefficient (Wildman–Crippen LogP) is 2.35. The quantitative estimate of drug-likeness (QED) is 0.811. The lowest BCUT2D eigenvalue weighted by Crippen LogP contribution is -2.19. The van der Waals surface area contributed by atoms with Crippen molar-refractivity contribution in [3.63, 3.8) is 0 Å². The molecule has 0 aromatic carbocycles. The monoisotopic (exact) mass is 246 g/mol. The molecule has 2 nitrogen and oxygen atoms in total. The minimum atomic E-state index is 0.197. The molecule has 1 aliphatic rings. The number of pyridine rings is 1. The van der Waals surface area contributed by atoms with Gasteiger partial charge in [0.25, 0.3) is 0 Å². The lowest BCUT2D eigenvalue weighted by Gasteiger charge is -2.13. The Hall–Kier alpha value is -0.873. The fraction of sp³-hybridized carbons (Fsp3) is 0.333. The zero-order valence-corrected chi connectivity index (χ0v) is 11.5. The number of aromatic nitrogens is 1. The number of nitrogens with one attached hydrogen (secondary N) is 1. The number of hydrogen-bond acceptors (Lipinski definition) is 3. The van der Waals surface area contributed by atoms with Crippen LogP contribution in [0.25, 0.3) is 0 Å². The molecule has 1 aromatic rings. The molecule has 4 heteroatoms. The van der Waals surface area contributed by atoms with Gasteiger partial charge in [-0.25, -0.2) is 0 Å². The van der Waals surface area contributed by atoms with E-state index in [9.17, 15) is 0 Å². The van der Waals surface area contributed by atoms with Crippen LogP contribution in [0, 0.1) is 6.92 Å². The van der Waals surface area contributed by atoms with Crippen LogP contribution in [0.4, 0.5) is 0 Å². The molecule has 16 heavy (non-hydrogen) atoms. The number of nitrogens with zero attached hydrogens (tertiary/aromatic N) is 1. The summed E-state index contributed by atoms with van der Waals surface area (Å²) >= 11 is 1.83. The van der Waals surface area contributed by atoms with Gasteiger partial charge in [-0.1, -0.05) is 17.3 Å². The lowest BCUT2D eigenvalue weighted by atomic mass is 10.1. The predicted molar refractivity (Wildman–Crippen MR) is 70.9 cm³/mol. The van der Waals surface area contributed by atoms with Crippen LogP contribution in [-0.4, -0.2) is 20.6 Å². The molecule has 0 bridgehead atoms. The minimum absolute atomic E-state index is 0.197. The van der Waals surface area contributed by atoms with E-state index in [1.807, 2.05) is 18.0 Å². The standard InChI is InChI=1S/C12H14N2SSi/c1-7(2)11-9(14-6-16)10-12(15-11)8(3)4-5-13-10/h4-6,9,14H,1-3H3. The minimum Gasteiger partial charge on any atom is -0.383 e. The molecule has 0 fully saturated rings. The highest BCUT2D eigenvalue weighted by molar-refractivity contribution is 8.03. The van der Waals surface area contributed by atoms with Gasteiger partial charge in [-0.15, -0.1) is 0 Å². The first-order valence-electron chi connectivity index (χ1n) is 5.21. The Morgan fingerprint density at radius 2 is 2.31 bits per heavy atom. The van der Waals surface area contributed by atoms with Crippen molar-refractivity contribution < 1.29 is 0 Å². The molecule has 1 aromatic heterocycles. The summed E-state index contributed by atoms with van der Waals surface area (Å²) in [6, 6.07) is 2.26. The molecule has 0 saturated carbocycles. The number of thioether (sulfide) groups is 1. The molecule has 1 atom stereocenters. The van der Waals surface area contributed by atoms with Crippen LogP contribution in [0.5, 0.6) is 0 Å². The van der Waals surface area contributed by atoms with E-state index in [1.54, 1.807) is 5.80 Å². The van der Waals surface area contributed by atoms with Gasteiger partial charge < -0.3 is 5.32 Å². The molecule has 0 saturated heterocycles. The fourth-order valence-electron chi connectivity index (χ4n) is 1.83. The highest BCUT2D eigenvalue weighted by Gasteiger charge is 2.30. The van der Waals surface area contributed by atoms with Crippen molar-refractivity contribution in [2.75, 3.05) is 0 Å². The van der Waals surface area contributed by atoms with Gasteiger partial charge in [0.05, 0.1) is 15.5 Å². The van der Waals surface area contributed by atoms with E-state index in [0.29, 0.717) is 0 Å². The molecule has 1 aliphatic heterocycles. The van der Waals surface area contributed by atoms with Crippen molar-refractivity contribution in [1.29, 1.82) is 0 Å². The molecule has 0 spiro atoms. The highest BCUT2D eigenvalue weighted by atomic mass is 32.2. The summed E-state index contributed by atoms with van der Waals surface area (Å²) in [5.41, 5.74) is 3.77. The van der Waals surface area contributed by atoms with E-state index >= 15 is 0 Å². The zero-order chi connectivity index (χ0) is 11.7. The van der Waals surface area contributed by atoms with Gasteiger partial charge in [0.15, 0.2) is 0 Å². The van der Waals surface area contributed by atoms with Gasteiger partial charge in [0, 0.05) is 16.0 Å². The van der Waals surface area contributed by atoms with Crippen molar-refractivity contribution in [2.45, 2.75) is 31.7 Å². The molecule has 2 heterocycles. The molecule has 1 unspecified atom stereocenters. The summed E-state index contributed by atoms with van der Waals surface area (Å²) in [6.45, 7) is 6.42. The van der Waals surface area contributed by atoms with E-state index in [1.165, 1.54) is 20.9 Å². The van der Waals surface area contributed by atoms with Crippen LogP contribution in [0.2, 0.25) is 0 Å². The van der Waals surface area contributed by atoms with Gasteiger partial charge in [0.2, 0.25) is 0 Å². The van der Waals surface area contributed by atoms with Crippen LogP contribution in [0.3, 0.4) is 0 Å². The molecule has 0 amide bonds. The second-order valence-electron chi connectivity index (χ2n) is 4.05. The first-order valence-corrected chi connectivity index (χ1v) is 6.60. The Morgan fingerprint density at radius 3 is 2.94 bits per heavy atom. The third kappa shape index (κ3) is 1.87. The summed E-state index contributed by atoms with van der Waals surface area (Å²) in [7, 11) is 3.36. The van der Waals surface area contributed by atoms with Gasteiger partial charge in [-0.05, 0) is 38.2 Å². The van der Waals surface area contributed by atoms with Crippen LogP contribution in [0.1, 0.15) is 31.1 Å². The SMILES string of the molecule is CC(C)=C1Sc2c(C)ccnc2C1NC=[Si]. The number of hydrogen-bond donors (Lipinski definition) is 1. The maximum Gasteiger partial charge on any atom is 0.101 e. The number of allylic oxidation sites excluding steroid dienone is 1. The molecular formula is C12H14N2SSi. The summed E-state index contributed by atoms with van der Waals surface area (Å²) < 4.78 is 0. The van der Waals surface area contributed by atoms with Crippen LogP contribution in [-0.2, 0) is 0 Å². The molecular weight excluding hydrogens is 232 g/mol. The van der Waals surface area contributed by atoms with Gasteiger partial charge >= 0.3 is 0 Å². The molecule has 2 rings (SSSR count). The first kappa shape index (κ1) is 11.6. The second-order valence-corrected chi connectivity index (χ2v) is 5.39. The number of rotatable bonds is 2. The third-order valence-corrected chi connectivity index (χ3v) is 4.39. The van der Waals surface area contributed by atoms with Crippen molar-refractivity contribution in [3.8, 4) is 0 Å². The first-order chi connectivity index (χ1) is 7.65. The average Bonchev–Trinajstić information content (AvgIpc) is 2.60. The summed E-state index contributed by atoms with van der Waals surface area (Å²) in [5, 5.41) is 3.31. The molecule has 82 valence electrons. The van der Waals surface area contributed by atoms with Gasteiger partial charge in [-0.3, -0.25) is 4.98 Å². The number of aryl methyl sites for hydroxylation is 1. The fourth-order valence-corrected chi connectivity index (χ4v) is 3.22. The maximum atomic E-state index is 4.49. The highest BCUT2D eigenvalue weighted by Crippen LogP contribution is 2.48. The van der Waals surface area contributed by atoms with E-state index in [0.717, 1.165) is 5.69 Å². The smallest absolute Gasteiger partial charge is 0.101 e. The Labute approximate surface area is 104 Å². The van der Waals surface area contributed by atoms with Crippen molar-refractivity contribution in [2.24, 2.45) is 0 Å². The van der Waals surface area contributed by atoms with E-state index < -0.39 is 0 Å². The van der Waals surface area contributed by atoms with Gasteiger partial charge in [-0.2, -0.15) is 0 Å². The Balaban J connectivity index is 2.53. The molecule has 0 aliphatic carbocycles. The summed E-state index contributed by atoms with van der Waals surface area (Å²) in [4.78, 5) is 7.14. The van der Waals surface area contributed by atoms with Crippen LogP contribution in [0.15, 0.2) is 27.6 Å². The van der Waals surface area contributed by atoms with Crippen LogP contribution >= 0.6 is 11.8 Å². The van der Waals surface area contributed by atoms with E-state index in [2.05, 4.69) is 47.0 Å². The number of fused-ring (bicyclic) bond motifs is 1. The molecule has 1 N–H and O–H groups in total. The van der Waals surface area contributed by atoms with Crippen molar-refractivity contribution in [3.05, 3.63) is 34.0 Å².